The van der Waals surface area contributed by atoms with Gasteiger partial charge >= 0.3 is 13.3 Å². The minimum absolute atomic E-state index is 0.244. The molecule has 4 N–H and O–H groups in total. The van der Waals surface area contributed by atoms with Gasteiger partial charge in [-0.05, 0) is 67.0 Å². The van der Waals surface area contributed by atoms with Gasteiger partial charge in [0, 0.05) is 12.6 Å². The molecule has 0 spiro atoms. The first-order valence-electron chi connectivity index (χ1n) is 10.3. The van der Waals surface area contributed by atoms with Crippen LogP contribution in [0.2, 0.25) is 6.32 Å². The Morgan fingerprint density at radius 2 is 1.72 bits per heavy atom. The van der Waals surface area contributed by atoms with Gasteiger partial charge in [-0.2, -0.15) is 9.59 Å². The Bertz CT molecular complexity index is 772. The average molecular weight is 398 g/mol. The largest absolute Gasteiger partial charge is 0.451 e. The summed E-state index contributed by atoms with van der Waals surface area (Å²) in [5.74, 6) is 0.599. The molecule has 156 valence electrons. The summed E-state index contributed by atoms with van der Waals surface area (Å²) < 4.78 is 0. The molecule has 0 saturated carbocycles. The number of carbonyl (C=O) groups excluding carboxylic acids is 2. The van der Waals surface area contributed by atoms with E-state index in [1.54, 1.807) is 0 Å². The number of piperidine rings is 1. The Morgan fingerprint density at radius 1 is 1.07 bits per heavy atom. The minimum Gasteiger partial charge on any atom is -0.427 e. The summed E-state index contributed by atoms with van der Waals surface area (Å²) in [5, 5.41) is 20.4. The SMILES string of the molecule is NC(CCCCB(O)O)C1CCN(Cc2ccc3ccccc3c2)CC1.O=C=O. The van der Waals surface area contributed by atoms with Crippen LogP contribution in [0.4, 0.5) is 0 Å². The van der Waals surface area contributed by atoms with Gasteiger partial charge < -0.3 is 15.8 Å². The second-order valence-electron chi connectivity index (χ2n) is 7.81. The third-order valence-electron chi connectivity index (χ3n) is 5.71. The number of benzene rings is 2. The summed E-state index contributed by atoms with van der Waals surface area (Å²) in [4.78, 5) is 18.8. The number of hydrogen-bond acceptors (Lipinski definition) is 6. The van der Waals surface area contributed by atoms with E-state index in [-0.39, 0.29) is 12.2 Å². The molecule has 1 aliphatic rings. The fourth-order valence-corrected chi connectivity index (χ4v) is 4.08. The van der Waals surface area contributed by atoms with Crippen LogP contribution in [0.5, 0.6) is 0 Å². The summed E-state index contributed by atoms with van der Waals surface area (Å²) >= 11 is 0. The van der Waals surface area contributed by atoms with Crippen molar-refractivity contribution in [3.8, 4) is 0 Å². The normalized spacial score (nSPS) is 16.0. The van der Waals surface area contributed by atoms with E-state index < -0.39 is 7.12 Å². The molecule has 0 radical (unpaired) electrons. The number of rotatable bonds is 8. The van der Waals surface area contributed by atoms with Crippen LogP contribution in [0, 0.1) is 5.92 Å². The summed E-state index contributed by atoms with van der Waals surface area (Å²) in [6, 6.07) is 15.5. The monoisotopic (exact) mass is 398 g/mol. The van der Waals surface area contributed by atoms with E-state index in [0.29, 0.717) is 12.2 Å². The molecule has 2 aromatic carbocycles. The van der Waals surface area contributed by atoms with E-state index >= 15 is 0 Å². The van der Waals surface area contributed by atoms with Gasteiger partial charge in [0.25, 0.3) is 0 Å². The van der Waals surface area contributed by atoms with E-state index in [2.05, 4.69) is 47.4 Å². The maximum absolute atomic E-state index is 8.89. The summed E-state index contributed by atoms with van der Waals surface area (Å²) in [7, 11) is -1.18. The van der Waals surface area contributed by atoms with E-state index in [9.17, 15) is 0 Å². The number of fused-ring (bicyclic) bond motifs is 1. The van der Waals surface area contributed by atoms with Crippen LogP contribution in [-0.2, 0) is 16.1 Å². The summed E-state index contributed by atoms with van der Waals surface area (Å²) in [6.45, 7) is 3.24. The number of nitrogens with zero attached hydrogens (tertiary/aromatic N) is 1. The highest BCUT2D eigenvalue weighted by molar-refractivity contribution is 6.40. The third-order valence-corrected chi connectivity index (χ3v) is 5.71. The van der Waals surface area contributed by atoms with E-state index in [4.69, 9.17) is 25.4 Å². The van der Waals surface area contributed by atoms with Crippen molar-refractivity contribution in [2.45, 2.75) is 51.0 Å². The van der Waals surface area contributed by atoms with Gasteiger partial charge in [-0.25, -0.2) is 0 Å². The molecular weight excluding hydrogens is 367 g/mol. The molecule has 1 saturated heterocycles. The Labute approximate surface area is 172 Å². The zero-order valence-electron chi connectivity index (χ0n) is 16.9. The smallest absolute Gasteiger partial charge is 0.427 e. The molecule has 0 aromatic heterocycles. The van der Waals surface area contributed by atoms with Gasteiger partial charge in [0.05, 0.1) is 0 Å². The third kappa shape index (κ3) is 8.09. The quantitative estimate of drug-likeness (QED) is 0.466. The summed E-state index contributed by atoms with van der Waals surface area (Å²) in [6.07, 6.45) is 5.84. The first-order valence-corrected chi connectivity index (χ1v) is 10.3. The highest BCUT2D eigenvalue weighted by Crippen LogP contribution is 2.24. The summed E-state index contributed by atoms with van der Waals surface area (Å²) in [5.41, 5.74) is 7.77. The van der Waals surface area contributed by atoms with Crippen molar-refractivity contribution in [1.82, 2.24) is 4.90 Å². The fourth-order valence-electron chi connectivity index (χ4n) is 4.08. The first-order chi connectivity index (χ1) is 14.0. The van der Waals surface area contributed by atoms with Gasteiger partial charge in [0.1, 0.15) is 0 Å². The number of hydrogen-bond donors (Lipinski definition) is 3. The zero-order chi connectivity index (χ0) is 21.1. The predicted molar refractivity (Wildman–Crippen MR) is 114 cm³/mol. The molecule has 1 atom stereocenters. The molecule has 29 heavy (non-hydrogen) atoms. The van der Waals surface area contributed by atoms with E-state index in [1.807, 2.05) is 0 Å². The van der Waals surface area contributed by atoms with Crippen molar-refractivity contribution < 1.29 is 19.6 Å². The molecule has 0 bridgehead atoms. The number of unbranched alkanes of at least 4 members (excludes halogenated alkanes) is 1. The zero-order valence-corrected chi connectivity index (χ0v) is 16.9. The van der Waals surface area contributed by atoms with Crippen LogP contribution in [0.25, 0.3) is 10.8 Å². The van der Waals surface area contributed by atoms with Crippen LogP contribution in [-0.4, -0.2) is 47.3 Å². The van der Waals surface area contributed by atoms with Gasteiger partial charge in [-0.1, -0.05) is 49.2 Å². The van der Waals surface area contributed by atoms with Crippen LogP contribution < -0.4 is 5.73 Å². The van der Waals surface area contributed by atoms with Crippen LogP contribution in [0.1, 0.15) is 37.7 Å². The Balaban J connectivity index is 0.000000941. The topological polar surface area (TPSA) is 104 Å². The van der Waals surface area contributed by atoms with Gasteiger partial charge in [-0.15, -0.1) is 0 Å². The molecule has 2 aromatic rings. The Hall–Kier alpha value is -2.02. The standard InChI is InChI=1S/C21H31BN2O2.CO2/c23-21(7-3-4-12-22(25)26)19-10-13-24(14-11-19)16-17-8-9-18-5-1-2-6-20(18)15-17;2-1-3/h1-2,5-6,8-9,15,19,21,25-26H,3-4,7,10-14,16,23H2;. The Kier molecular flexibility index (Phi) is 10.0. The highest BCUT2D eigenvalue weighted by atomic mass is 16.4. The maximum atomic E-state index is 8.89. The molecule has 1 unspecified atom stereocenters. The van der Waals surface area contributed by atoms with Crippen LogP contribution >= 0.6 is 0 Å². The minimum atomic E-state index is -1.18. The predicted octanol–water partition coefficient (Wildman–Crippen LogP) is 2.44. The average Bonchev–Trinajstić information content (AvgIpc) is 2.72. The molecule has 1 fully saturated rings. The highest BCUT2D eigenvalue weighted by Gasteiger charge is 2.24. The molecule has 1 heterocycles. The molecular formula is C22H31BN2O4. The first kappa shape index (κ1) is 23.3. The van der Waals surface area contributed by atoms with Gasteiger partial charge in [-0.3, -0.25) is 4.90 Å². The molecule has 7 heteroatoms. The van der Waals surface area contributed by atoms with E-state index in [1.165, 1.54) is 16.3 Å². The van der Waals surface area contributed by atoms with Crippen molar-refractivity contribution in [3.63, 3.8) is 0 Å². The van der Waals surface area contributed by atoms with E-state index in [0.717, 1.165) is 51.7 Å². The van der Waals surface area contributed by atoms with Crippen LogP contribution in [0.15, 0.2) is 42.5 Å². The lowest BCUT2D eigenvalue weighted by Gasteiger charge is -2.35. The van der Waals surface area contributed by atoms with Gasteiger partial charge in [0.15, 0.2) is 0 Å². The molecule has 6 nitrogen and oxygen atoms in total. The van der Waals surface area contributed by atoms with Crippen molar-refractivity contribution in [1.29, 1.82) is 0 Å². The Morgan fingerprint density at radius 3 is 2.38 bits per heavy atom. The number of likely N-dealkylation sites (tertiary alicyclic amines) is 1. The molecule has 1 aliphatic heterocycles. The molecule has 0 aliphatic carbocycles. The molecule has 0 amide bonds. The lowest BCUT2D eigenvalue weighted by molar-refractivity contribution is -0.191. The maximum Gasteiger partial charge on any atom is 0.451 e. The second kappa shape index (κ2) is 12.5. The lowest BCUT2D eigenvalue weighted by Crippen LogP contribution is -2.40. The van der Waals surface area contributed by atoms with Crippen molar-refractivity contribution >= 4 is 24.0 Å². The molecule has 3 rings (SSSR count). The second-order valence-corrected chi connectivity index (χ2v) is 7.81. The van der Waals surface area contributed by atoms with Crippen molar-refractivity contribution in [3.05, 3.63) is 48.0 Å². The van der Waals surface area contributed by atoms with Crippen molar-refractivity contribution in [2.75, 3.05) is 13.1 Å². The lowest BCUT2D eigenvalue weighted by atomic mass is 9.82. The van der Waals surface area contributed by atoms with Crippen LogP contribution in [0.3, 0.4) is 0 Å². The number of nitrogens with two attached hydrogens (primary N) is 1. The fraction of sp³-hybridized carbons (Fsp3) is 0.500. The van der Waals surface area contributed by atoms with Gasteiger partial charge in [0.2, 0.25) is 0 Å². The van der Waals surface area contributed by atoms with Crippen molar-refractivity contribution in [2.24, 2.45) is 11.7 Å².